The first-order chi connectivity index (χ1) is 29.3. The standard InChI is InChI=1S/C25H16N4S.C24H14N4S/c1-3-7-19-16(5-1)11-13-26-22(19)15-18-9-10-21(25-23(18)28-30-29-25)24-20-8-4-2-6-17(20)12-14-27-24;1-3-7-17-15(5-1)11-25-13-21(17)19-9-10-20(24-23(19)27-29-28-24)22-14-26-12-16-6-2-4-8-18(16)22/h1-14H,15H2;1-14H. The third-order valence-electron chi connectivity index (χ3n) is 10.9. The number of rotatable bonds is 5. The van der Waals surface area contributed by atoms with Crippen molar-refractivity contribution in [2.24, 2.45) is 0 Å². The third kappa shape index (κ3) is 6.22. The van der Waals surface area contributed by atoms with Crippen LogP contribution < -0.4 is 0 Å². The van der Waals surface area contributed by atoms with Gasteiger partial charge in [0.15, 0.2) is 0 Å². The predicted octanol–water partition coefficient (Wildman–Crippen LogP) is 12.2. The first kappa shape index (κ1) is 34.8. The van der Waals surface area contributed by atoms with E-state index in [1.165, 1.54) is 39.6 Å². The first-order valence-corrected chi connectivity index (χ1v) is 20.6. The second-order valence-corrected chi connectivity index (χ2v) is 15.3. The molecular formula is C49H30N8S2. The van der Waals surface area contributed by atoms with Gasteiger partial charge in [-0.25, -0.2) is 0 Å². The van der Waals surface area contributed by atoms with Crippen LogP contribution in [0.3, 0.4) is 0 Å². The smallest absolute Gasteiger partial charge is 0.114 e. The lowest BCUT2D eigenvalue weighted by Crippen LogP contribution is -1.96. The fourth-order valence-corrected chi connectivity index (χ4v) is 9.22. The zero-order chi connectivity index (χ0) is 39.1. The van der Waals surface area contributed by atoms with E-state index in [1.54, 1.807) is 0 Å². The highest BCUT2D eigenvalue weighted by atomic mass is 32.1. The molecular weight excluding hydrogens is 765 g/mol. The van der Waals surface area contributed by atoms with Crippen LogP contribution in [0.4, 0.5) is 0 Å². The molecule has 0 atom stereocenters. The molecule has 6 heterocycles. The Morgan fingerprint density at radius 2 is 0.831 bits per heavy atom. The summed E-state index contributed by atoms with van der Waals surface area (Å²) in [6.07, 6.45) is 12.1. The minimum Gasteiger partial charge on any atom is -0.263 e. The SMILES string of the molecule is c1ccc2c(-c3ccc(-c4cncc5ccccc45)c4nsnc34)cncc2c1.c1ccc2c(Cc3ccc(-c4nccc5ccccc45)c4nsnc34)nccc2c1. The summed E-state index contributed by atoms with van der Waals surface area (Å²) in [5.74, 6) is 0. The van der Waals surface area contributed by atoms with Gasteiger partial charge >= 0.3 is 0 Å². The second kappa shape index (κ2) is 14.8. The second-order valence-electron chi connectivity index (χ2n) is 14.2. The van der Waals surface area contributed by atoms with Gasteiger partial charge in [-0.2, -0.15) is 17.5 Å². The summed E-state index contributed by atoms with van der Waals surface area (Å²) in [7, 11) is 0. The molecule has 0 aliphatic carbocycles. The normalized spacial score (nSPS) is 11.5. The van der Waals surface area contributed by atoms with Gasteiger partial charge in [0.2, 0.25) is 0 Å². The Morgan fingerprint density at radius 1 is 0.356 bits per heavy atom. The monoisotopic (exact) mass is 794 g/mol. The molecule has 59 heavy (non-hydrogen) atoms. The highest BCUT2D eigenvalue weighted by Crippen LogP contribution is 2.39. The summed E-state index contributed by atoms with van der Waals surface area (Å²) in [4.78, 5) is 18.2. The fourth-order valence-electron chi connectivity index (χ4n) is 8.05. The lowest BCUT2D eigenvalue weighted by molar-refractivity contribution is 1.11. The van der Waals surface area contributed by atoms with Gasteiger partial charge < -0.3 is 0 Å². The van der Waals surface area contributed by atoms with Gasteiger partial charge in [-0.05, 0) is 39.2 Å². The summed E-state index contributed by atoms with van der Waals surface area (Å²) < 4.78 is 18.6. The molecule has 0 aliphatic rings. The van der Waals surface area contributed by atoms with Gasteiger partial charge in [-0.1, -0.05) is 121 Å². The third-order valence-corrected chi connectivity index (χ3v) is 11.9. The molecule has 0 spiro atoms. The lowest BCUT2D eigenvalue weighted by atomic mass is 9.95. The van der Waals surface area contributed by atoms with E-state index >= 15 is 0 Å². The summed E-state index contributed by atoms with van der Waals surface area (Å²) in [6.45, 7) is 0. The van der Waals surface area contributed by atoms with Crippen LogP contribution in [0.2, 0.25) is 0 Å². The van der Waals surface area contributed by atoms with E-state index < -0.39 is 0 Å². The van der Waals surface area contributed by atoms with Crippen LogP contribution in [0.1, 0.15) is 11.3 Å². The average molecular weight is 795 g/mol. The van der Waals surface area contributed by atoms with Crippen molar-refractivity contribution in [3.05, 3.63) is 182 Å². The Labute approximate surface area is 346 Å². The Balaban J connectivity index is 0.000000135. The number of benzene rings is 6. The van der Waals surface area contributed by atoms with Crippen LogP contribution in [0, 0.1) is 0 Å². The Bertz CT molecular complexity index is 3390. The van der Waals surface area contributed by atoms with Crippen molar-refractivity contribution in [3.63, 3.8) is 0 Å². The maximum atomic E-state index is 4.69. The van der Waals surface area contributed by atoms with Crippen molar-refractivity contribution < 1.29 is 0 Å². The molecule has 8 nitrogen and oxygen atoms in total. The molecule has 12 aromatic rings. The zero-order valence-corrected chi connectivity index (χ0v) is 32.9. The summed E-state index contributed by atoms with van der Waals surface area (Å²) >= 11 is 2.49. The predicted molar refractivity (Wildman–Crippen MR) is 242 cm³/mol. The van der Waals surface area contributed by atoms with E-state index in [9.17, 15) is 0 Å². The largest absolute Gasteiger partial charge is 0.263 e. The number of hydrogen-bond acceptors (Lipinski definition) is 10. The van der Waals surface area contributed by atoms with E-state index in [0.717, 1.165) is 93.8 Å². The van der Waals surface area contributed by atoms with Crippen molar-refractivity contribution in [1.29, 1.82) is 0 Å². The molecule has 0 amide bonds. The number of fused-ring (bicyclic) bond motifs is 6. The number of pyridine rings is 4. The van der Waals surface area contributed by atoms with E-state index in [0.29, 0.717) is 6.42 Å². The zero-order valence-electron chi connectivity index (χ0n) is 31.3. The van der Waals surface area contributed by atoms with Gasteiger partial charge in [-0.15, -0.1) is 0 Å². The maximum Gasteiger partial charge on any atom is 0.114 e. The van der Waals surface area contributed by atoms with E-state index in [2.05, 4.69) is 134 Å². The highest BCUT2D eigenvalue weighted by molar-refractivity contribution is 7.00. The molecule has 0 saturated heterocycles. The van der Waals surface area contributed by atoms with Crippen molar-refractivity contribution in [2.45, 2.75) is 6.42 Å². The Kier molecular flexibility index (Phi) is 8.76. The van der Waals surface area contributed by atoms with Crippen molar-refractivity contribution in [3.8, 4) is 33.5 Å². The minimum absolute atomic E-state index is 0.715. The molecule has 0 radical (unpaired) electrons. The molecule has 10 heteroatoms. The van der Waals surface area contributed by atoms with Crippen LogP contribution in [-0.4, -0.2) is 37.4 Å². The molecule has 0 N–H and O–H groups in total. The van der Waals surface area contributed by atoms with Gasteiger partial charge in [0.1, 0.15) is 22.1 Å². The molecule has 6 aromatic heterocycles. The fraction of sp³-hybridized carbons (Fsp3) is 0.0204. The van der Waals surface area contributed by atoms with Gasteiger partial charge in [-0.3, -0.25) is 19.9 Å². The minimum atomic E-state index is 0.715. The van der Waals surface area contributed by atoms with Gasteiger partial charge in [0, 0.05) is 93.0 Å². The lowest BCUT2D eigenvalue weighted by Gasteiger charge is -2.10. The van der Waals surface area contributed by atoms with Crippen LogP contribution in [0.15, 0.2) is 171 Å². The van der Waals surface area contributed by atoms with Crippen molar-refractivity contribution >= 4 is 88.6 Å². The molecule has 0 saturated carbocycles. The van der Waals surface area contributed by atoms with Crippen LogP contribution >= 0.6 is 23.5 Å². The molecule has 0 bridgehead atoms. The van der Waals surface area contributed by atoms with Crippen LogP contribution in [-0.2, 0) is 6.42 Å². The van der Waals surface area contributed by atoms with Crippen LogP contribution in [0.5, 0.6) is 0 Å². The van der Waals surface area contributed by atoms with Gasteiger partial charge in [0.25, 0.3) is 0 Å². The molecule has 278 valence electrons. The molecule has 0 unspecified atom stereocenters. The quantitative estimate of drug-likeness (QED) is 0.170. The summed E-state index contributed by atoms with van der Waals surface area (Å²) in [5.41, 5.74) is 12.0. The summed E-state index contributed by atoms with van der Waals surface area (Å²) in [5, 5.41) is 9.23. The van der Waals surface area contributed by atoms with Crippen molar-refractivity contribution in [2.75, 3.05) is 0 Å². The van der Waals surface area contributed by atoms with Crippen LogP contribution in [0.25, 0.3) is 98.7 Å². The first-order valence-electron chi connectivity index (χ1n) is 19.1. The number of aromatic nitrogens is 8. The highest BCUT2D eigenvalue weighted by Gasteiger charge is 2.18. The van der Waals surface area contributed by atoms with E-state index in [-0.39, 0.29) is 0 Å². The van der Waals surface area contributed by atoms with E-state index in [1.807, 2.05) is 73.6 Å². The maximum absolute atomic E-state index is 4.69. The van der Waals surface area contributed by atoms with E-state index in [4.69, 9.17) is 0 Å². The van der Waals surface area contributed by atoms with Crippen molar-refractivity contribution in [1.82, 2.24) is 37.4 Å². The van der Waals surface area contributed by atoms with Gasteiger partial charge in [0.05, 0.1) is 34.8 Å². The molecule has 12 rings (SSSR count). The molecule has 0 aliphatic heterocycles. The Morgan fingerprint density at radius 3 is 1.46 bits per heavy atom. The topological polar surface area (TPSA) is 103 Å². The number of hydrogen-bond donors (Lipinski definition) is 0. The average Bonchev–Trinajstić information content (AvgIpc) is 4.01. The summed E-state index contributed by atoms with van der Waals surface area (Å²) in [6, 6.07) is 45.9. The molecule has 6 aromatic carbocycles. The number of nitrogens with zero attached hydrogens (tertiary/aromatic N) is 8. The Hall–Kier alpha value is -7.40. The molecule has 0 fully saturated rings.